The van der Waals surface area contributed by atoms with Gasteiger partial charge in [0.05, 0.1) is 18.7 Å². The third-order valence-electron chi connectivity index (χ3n) is 4.76. The molecule has 3 rings (SSSR count). The molecule has 2 aliphatic rings. The monoisotopic (exact) mass is 391 g/mol. The smallest absolute Gasteiger partial charge is 0.433 e. The van der Waals surface area contributed by atoms with Crippen molar-refractivity contribution >= 4 is 23.6 Å². The first-order valence-corrected chi connectivity index (χ1v) is 9.67. The molecule has 0 spiro atoms. The summed E-state index contributed by atoms with van der Waals surface area (Å²) >= 11 is 1.48. The molecule has 1 aromatic rings. The molecule has 1 saturated carbocycles. The van der Waals surface area contributed by atoms with Gasteiger partial charge in [0.1, 0.15) is 11.7 Å². The highest BCUT2D eigenvalue weighted by Crippen LogP contribution is 2.32. The van der Waals surface area contributed by atoms with Crippen LogP contribution in [0, 0.1) is 5.92 Å². The van der Waals surface area contributed by atoms with E-state index in [1.165, 1.54) is 11.8 Å². The first-order valence-electron chi connectivity index (χ1n) is 8.52. The molecule has 0 bridgehead atoms. The van der Waals surface area contributed by atoms with Gasteiger partial charge in [0.15, 0.2) is 0 Å². The van der Waals surface area contributed by atoms with Gasteiger partial charge in [0.25, 0.3) is 0 Å². The van der Waals surface area contributed by atoms with Crippen LogP contribution in [0.1, 0.15) is 36.9 Å². The predicted octanol–water partition coefficient (Wildman–Crippen LogP) is 2.61. The molecule has 144 valence electrons. The zero-order valence-corrected chi connectivity index (χ0v) is 14.9. The number of amides is 1. The summed E-state index contributed by atoms with van der Waals surface area (Å²) in [5.74, 6) is 0.317. The van der Waals surface area contributed by atoms with Gasteiger partial charge in [0.2, 0.25) is 5.91 Å². The van der Waals surface area contributed by atoms with Crippen LogP contribution in [0.5, 0.6) is 0 Å². The molecule has 1 atom stereocenters. The molecule has 1 unspecified atom stereocenters. The van der Waals surface area contributed by atoms with E-state index in [0.717, 1.165) is 31.9 Å². The number of hydrogen-bond acceptors (Lipinski definition) is 5. The molecule has 1 saturated heterocycles. The van der Waals surface area contributed by atoms with E-state index in [4.69, 9.17) is 4.74 Å². The Morgan fingerprint density at radius 1 is 1.35 bits per heavy atom. The third kappa shape index (κ3) is 4.16. The Morgan fingerprint density at radius 3 is 2.77 bits per heavy atom. The van der Waals surface area contributed by atoms with Crippen LogP contribution < -0.4 is 0 Å². The van der Waals surface area contributed by atoms with Crippen LogP contribution in [0.3, 0.4) is 0 Å². The summed E-state index contributed by atoms with van der Waals surface area (Å²) in [6, 6.07) is -0.653. The molecule has 10 heteroatoms. The van der Waals surface area contributed by atoms with E-state index < -0.39 is 23.9 Å². The van der Waals surface area contributed by atoms with Gasteiger partial charge in [-0.2, -0.15) is 18.3 Å². The van der Waals surface area contributed by atoms with Gasteiger partial charge in [-0.15, -0.1) is 11.8 Å². The van der Waals surface area contributed by atoms with Crippen LogP contribution in [0.15, 0.2) is 6.20 Å². The Labute approximate surface area is 152 Å². The lowest BCUT2D eigenvalue weighted by Gasteiger charge is -2.25. The first kappa shape index (κ1) is 19.1. The van der Waals surface area contributed by atoms with Gasteiger partial charge in [-0.3, -0.25) is 9.89 Å². The molecule has 26 heavy (non-hydrogen) atoms. The lowest BCUT2D eigenvalue weighted by atomic mass is 10.1. The fraction of sp³-hybridized carbons (Fsp3) is 0.688. The van der Waals surface area contributed by atoms with Crippen molar-refractivity contribution in [2.45, 2.75) is 44.3 Å². The second-order valence-electron chi connectivity index (χ2n) is 6.49. The number of nitrogens with one attached hydrogen (secondary N) is 1. The topological polar surface area (TPSA) is 75.3 Å². The maximum absolute atomic E-state index is 12.8. The van der Waals surface area contributed by atoms with Crippen molar-refractivity contribution in [2.75, 3.05) is 18.2 Å². The van der Waals surface area contributed by atoms with E-state index in [2.05, 4.69) is 5.10 Å². The van der Waals surface area contributed by atoms with Crippen molar-refractivity contribution in [3.8, 4) is 0 Å². The highest BCUT2D eigenvalue weighted by Gasteiger charge is 2.39. The van der Waals surface area contributed by atoms with E-state index in [1.807, 2.05) is 5.10 Å². The number of hydrogen-bond donors (Lipinski definition) is 1. The van der Waals surface area contributed by atoms with Gasteiger partial charge in [-0.05, 0) is 12.8 Å². The second-order valence-corrected chi connectivity index (χ2v) is 7.49. The number of nitrogens with zero attached hydrogens (tertiary/aromatic N) is 2. The van der Waals surface area contributed by atoms with Gasteiger partial charge in [-0.25, -0.2) is 4.79 Å². The highest BCUT2D eigenvalue weighted by atomic mass is 32.2. The number of aromatic amines is 1. The van der Waals surface area contributed by atoms with Crippen LogP contribution in [-0.2, 0) is 26.9 Å². The Hall–Kier alpha value is -1.71. The third-order valence-corrected chi connectivity index (χ3v) is 5.77. The molecule has 1 aliphatic heterocycles. The minimum Gasteiger partial charge on any atom is -0.464 e. The number of ether oxygens (including phenoxy) is 1. The van der Waals surface area contributed by atoms with Gasteiger partial charge >= 0.3 is 12.1 Å². The Kier molecular flexibility index (Phi) is 5.79. The number of carbonyl (C=O) groups is 2. The normalized spacial score (nSPS) is 21.3. The van der Waals surface area contributed by atoms with Gasteiger partial charge in [-0.1, -0.05) is 12.8 Å². The van der Waals surface area contributed by atoms with Crippen molar-refractivity contribution < 1.29 is 27.5 Å². The summed E-state index contributed by atoms with van der Waals surface area (Å²) in [7, 11) is 0. The molecule has 1 amide bonds. The molecule has 1 aromatic heterocycles. The van der Waals surface area contributed by atoms with Crippen LogP contribution in [0.2, 0.25) is 0 Å². The number of thioether (sulfide) groups is 1. The fourth-order valence-electron chi connectivity index (χ4n) is 3.37. The first-order chi connectivity index (χ1) is 12.4. The summed E-state index contributed by atoms with van der Waals surface area (Å²) in [6.07, 6.45) is 0.219. The molecule has 0 aromatic carbocycles. The number of H-pyrrole nitrogens is 1. The SMILES string of the molecule is O=C(OCCc1cn[nH]c1C(F)(F)F)C1CSCN1C(=O)C1CCCC1. The van der Waals surface area contributed by atoms with Crippen LogP contribution in [-0.4, -0.2) is 51.3 Å². The maximum Gasteiger partial charge on any atom is 0.433 e. The predicted molar refractivity (Wildman–Crippen MR) is 88.2 cm³/mol. The summed E-state index contributed by atoms with van der Waals surface area (Å²) in [4.78, 5) is 26.4. The minimum absolute atomic E-state index is 0.0105. The minimum atomic E-state index is -4.53. The number of alkyl halides is 3. The quantitative estimate of drug-likeness (QED) is 0.781. The van der Waals surface area contributed by atoms with Crippen LogP contribution in [0.4, 0.5) is 13.2 Å². The molecule has 2 fully saturated rings. The Morgan fingerprint density at radius 2 is 2.08 bits per heavy atom. The largest absolute Gasteiger partial charge is 0.464 e. The number of esters is 1. The molecule has 0 radical (unpaired) electrons. The summed E-state index contributed by atoms with van der Waals surface area (Å²) in [5, 5.41) is 5.32. The Bertz CT molecular complexity index is 659. The maximum atomic E-state index is 12.8. The molecule has 6 nitrogen and oxygen atoms in total. The van der Waals surface area contributed by atoms with E-state index in [-0.39, 0.29) is 30.4 Å². The van der Waals surface area contributed by atoms with Crippen molar-refractivity contribution in [3.63, 3.8) is 0 Å². The molecular formula is C16H20F3N3O3S. The molecular weight excluding hydrogens is 371 g/mol. The number of aromatic nitrogens is 2. The van der Waals surface area contributed by atoms with E-state index in [0.29, 0.717) is 11.6 Å². The summed E-state index contributed by atoms with van der Waals surface area (Å²) in [5.41, 5.74) is -0.979. The van der Waals surface area contributed by atoms with Crippen molar-refractivity contribution in [1.82, 2.24) is 15.1 Å². The number of rotatable bonds is 5. The average molecular weight is 391 g/mol. The average Bonchev–Trinajstić information content (AvgIpc) is 3.32. The van der Waals surface area contributed by atoms with Gasteiger partial charge in [0, 0.05) is 23.7 Å². The highest BCUT2D eigenvalue weighted by molar-refractivity contribution is 7.99. The number of halogens is 3. The fourth-order valence-corrected chi connectivity index (χ4v) is 4.51. The van der Waals surface area contributed by atoms with Crippen molar-refractivity contribution in [3.05, 3.63) is 17.5 Å². The van der Waals surface area contributed by atoms with Crippen molar-refractivity contribution in [2.24, 2.45) is 5.92 Å². The van der Waals surface area contributed by atoms with Crippen molar-refractivity contribution in [1.29, 1.82) is 0 Å². The molecule has 1 aliphatic carbocycles. The standard InChI is InChI=1S/C16H20F3N3O3S/c17-16(18,19)13-11(7-20-21-13)5-6-25-15(24)12-8-26-9-22(12)14(23)10-3-1-2-4-10/h7,10,12H,1-6,8-9H2,(H,20,21). The zero-order chi connectivity index (χ0) is 18.7. The van der Waals surface area contributed by atoms with Crippen LogP contribution >= 0.6 is 11.8 Å². The van der Waals surface area contributed by atoms with Gasteiger partial charge < -0.3 is 9.64 Å². The lowest BCUT2D eigenvalue weighted by molar-refractivity contribution is -0.154. The lowest BCUT2D eigenvalue weighted by Crippen LogP contribution is -2.45. The number of carbonyl (C=O) groups excluding carboxylic acids is 2. The van der Waals surface area contributed by atoms with E-state index in [9.17, 15) is 22.8 Å². The second kappa shape index (κ2) is 7.89. The van der Waals surface area contributed by atoms with E-state index in [1.54, 1.807) is 4.90 Å². The zero-order valence-electron chi connectivity index (χ0n) is 14.1. The summed E-state index contributed by atoms with van der Waals surface area (Å²) < 4.78 is 43.5. The molecule has 2 heterocycles. The van der Waals surface area contributed by atoms with E-state index >= 15 is 0 Å². The van der Waals surface area contributed by atoms with Crippen LogP contribution in [0.25, 0.3) is 0 Å². The molecule has 1 N–H and O–H groups in total. The Balaban J connectivity index is 1.53. The summed E-state index contributed by atoms with van der Waals surface area (Å²) in [6.45, 7) is -0.186.